The van der Waals surface area contributed by atoms with Crippen LogP contribution < -0.4 is 4.74 Å². The first-order valence-corrected chi connectivity index (χ1v) is 9.37. The molecule has 0 amide bonds. The highest BCUT2D eigenvalue weighted by molar-refractivity contribution is 5.95. The van der Waals surface area contributed by atoms with Crippen LogP contribution in [-0.4, -0.2) is 31.7 Å². The van der Waals surface area contributed by atoms with Crippen molar-refractivity contribution >= 4 is 27.8 Å². The first kappa shape index (κ1) is 16.7. The minimum absolute atomic E-state index is 0.252. The van der Waals surface area contributed by atoms with Crippen LogP contribution in [0.4, 0.5) is 0 Å². The molecule has 0 spiro atoms. The number of aliphatic carboxylic acids is 1. The highest BCUT2D eigenvalue weighted by Crippen LogP contribution is 2.44. The van der Waals surface area contributed by atoms with Gasteiger partial charge < -0.3 is 9.84 Å². The third-order valence-electron chi connectivity index (χ3n) is 5.25. The van der Waals surface area contributed by atoms with Gasteiger partial charge in [0.25, 0.3) is 0 Å². The predicted octanol–water partition coefficient (Wildman–Crippen LogP) is 4.30. The van der Waals surface area contributed by atoms with Crippen LogP contribution in [0.2, 0.25) is 0 Å². The van der Waals surface area contributed by atoms with Gasteiger partial charge in [-0.2, -0.15) is 4.98 Å². The molecule has 0 saturated heterocycles. The van der Waals surface area contributed by atoms with Crippen LogP contribution >= 0.6 is 0 Å². The summed E-state index contributed by atoms with van der Waals surface area (Å²) in [4.78, 5) is 20.0. The summed E-state index contributed by atoms with van der Waals surface area (Å²) in [7, 11) is 0. The standard InChI is InChI=1S/C22H19N3O3/c1-13(21(26)27)28-22-24-18-12-23-11-10-20(18)25(22)19-9-8-15(14-6-7-14)16-4-2-3-5-17(16)19/h2-5,8-14H,6-7H2,1H3,(H,26,27). The van der Waals surface area contributed by atoms with Crippen molar-refractivity contribution in [2.75, 3.05) is 0 Å². The maximum Gasteiger partial charge on any atom is 0.344 e. The van der Waals surface area contributed by atoms with Gasteiger partial charge in [-0.05, 0) is 48.8 Å². The van der Waals surface area contributed by atoms with Crippen molar-refractivity contribution in [2.24, 2.45) is 0 Å². The van der Waals surface area contributed by atoms with E-state index in [1.807, 2.05) is 16.7 Å². The summed E-state index contributed by atoms with van der Waals surface area (Å²) in [6, 6.07) is 14.7. The third-order valence-corrected chi connectivity index (χ3v) is 5.25. The fraction of sp³-hybridized carbons (Fsp3) is 0.227. The van der Waals surface area contributed by atoms with E-state index in [0.29, 0.717) is 11.4 Å². The molecule has 4 aromatic rings. The topological polar surface area (TPSA) is 77.2 Å². The average molecular weight is 373 g/mol. The Morgan fingerprint density at radius 2 is 1.96 bits per heavy atom. The molecule has 1 fully saturated rings. The van der Waals surface area contributed by atoms with E-state index >= 15 is 0 Å². The molecule has 0 radical (unpaired) electrons. The lowest BCUT2D eigenvalue weighted by Crippen LogP contribution is -2.24. The number of carbonyl (C=O) groups is 1. The second kappa shape index (κ2) is 6.34. The van der Waals surface area contributed by atoms with E-state index in [1.165, 1.54) is 30.7 Å². The number of pyridine rings is 1. The quantitative estimate of drug-likeness (QED) is 0.564. The van der Waals surface area contributed by atoms with Gasteiger partial charge in [-0.3, -0.25) is 9.55 Å². The molecule has 1 saturated carbocycles. The maximum absolute atomic E-state index is 11.3. The average Bonchev–Trinajstić information content (AvgIpc) is 3.48. The molecule has 0 bridgehead atoms. The van der Waals surface area contributed by atoms with E-state index in [-0.39, 0.29) is 6.01 Å². The fourth-order valence-corrected chi connectivity index (χ4v) is 3.68. The van der Waals surface area contributed by atoms with E-state index in [9.17, 15) is 9.90 Å². The van der Waals surface area contributed by atoms with Gasteiger partial charge in [0.05, 0.1) is 17.4 Å². The van der Waals surface area contributed by atoms with E-state index in [2.05, 4.69) is 40.3 Å². The Kier molecular flexibility index (Phi) is 3.79. The summed E-state index contributed by atoms with van der Waals surface area (Å²) in [5.74, 6) is -0.406. The molecule has 5 rings (SSSR count). The van der Waals surface area contributed by atoms with E-state index in [4.69, 9.17) is 4.74 Å². The van der Waals surface area contributed by atoms with Gasteiger partial charge >= 0.3 is 12.0 Å². The Balaban J connectivity index is 1.77. The smallest absolute Gasteiger partial charge is 0.344 e. The molecule has 28 heavy (non-hydrogen) atoms. The maximum atomic E-state index is 11.3. The van der Waals surface area contributed by atoms with Crippen LogP contribution in [0.1, 0.15) is 31.2 Å². The Morgan fingerprint density at radius 3 is 2.71 bits per heavy atom. The summed E-state index contributed by atoms with van der Waals surface area (Å²) in [5, 5.41) is 11.6. The highest BCUT2D eigenvalue weighted by atomic mass is 16.5. The molecule has 1 aliphatic rings. The largest absolute Gasteiger partial charge is 0.479 e. The number of aromatic nitrogens is 3. The molecule has 6 nitrogen and oxygen atoms in total. The number of carboxylic acids is 1. The molecule has 0 aliphatic heterocycles. The summed E-state index contributed by atoms with van der Waals surface area (Å²) < 4.78 is 7.59. The Labute approximate surface area is 161 Å². The zero-order chi connectivity index (χ0) is 19.3. The Hall–Kier alpha value is -3.41. The van der Waals surface area contributed by atoms with E-state index in [0.717, 1.165) is 16.6 Å². The summed E-state index contributed by atoms with van der Waals surface area (Å²) in [6.45, 7) is 1.50. The minimum atomic E-state index is -1.04. The molecule has 6 heteroatoms. The lowest BCUT2D eigenvalue weighted by molar-refractivity contribution is -0.144. The summed E-state index contributed by atoms with van der Waals surface area (Å²) in [5.41, 5.74) is 3.77. The Bertz CT molecular complexity index is 1210. The summed E-state index contributed by atoms with van der Waals surface area (Å²) in [6.07, 6.45) is 4.80. The molecule has 1 aliphatic carbocycles. The predicted molar refractivity (Wildman–Crippen MR) is 106 cm³/mol. The second-order valence-corrected chi connectivity index (χ2v) is 7.19. The van der Waals surface area contributed by atoms with Crippen molar-refractivity contribution in [2.45, 2.75) is 31.8 Å². The molecule has 1 unspecified atom stereocenters. The van der Waals surface area contributed by atoms with Gasteiger partial charge in [0.1, 0.15) is 5.52 Å². The van der Waals surface area contributed by atoms with Crippen LogP contribution in [0.5, 0.6) is 6.01 Å². The van der Waals surface area contributed by atoms with E-state index < -0.39 is 12.1 Å². The fourth-order valence-electron chi connectivity index (χ4n) is 3.68. The zero-order valence-corrected chi connectivity index (χ0v) is 15.4. The lowest BCUT2D eigenvalue weighted by atomic mass is 9.99. The number of hydrogen-bond acceptors (Lipinski definition) is 4. The number of hydrogen-bond donors (Lipinski definition) is 1. The van der Waals surface area contributed by atoms with Gasteiger partial charge in [0.15, 0.2) is 6.10 Å². The molecule has 1 atom stereocenters. The van der Waals surface area contributed by atoms with Crippen molar-refractivity contribution in [3.8, 4) is 11.7 Å². The number of benzene rings is 2. The van der Waals surface area contributed by atoms with Gasteiger partial charge in [-0.1, -0.05) is 30.3 Å². The molecule has 1 N–H and O–H groups in total. The van der Waals surface area contributed by atoms with Crippen molar-refractivity contribution in [3.05, 3.63) is 60.4 Å². The molecular formula is C22H19N3O3. The van der Waals surface area contributed by atoms with Crippen molar-refractivity contribution in [1.29, 1.82) is 0 Å². The lowest BCUT2D eigenvalue weighted by Gasteiger charge is -2.16. The third kappa shape index (κ3) is 2.69. The monoisotopic (exact) mass is 373 g/mol. The molecule has 2 aromatic carbocycles. The van der Waals surface area contributed by atoms with Crippen LogP contribution in [0, 0.1) is 0 Å². The zero-order valence-electron chi connectivity index (χ0n) is 15.4. The normalized spacial score (nSPS) is 15.0. The SMILES string of the molecule is CC(Oc1nc2cnccc2n1-c1ccc(C2CC2)c2ccccc12)C(=O)O. The summed E-state index contributed by atoms with van der Waals surface area (Å²) >= 11 is 0. The first-order chi connectivity index (χ1) is 13.6. The van der Waals surface area contributed by atoms with Crippen molar-refractivity contribution in [1.82, 2.24) is 14.5 Å². The van der Waals surface area contributed by atoms with Gasteiger partial charge in [0.2, 0.25) is 0 Å². The second-order valence-electron chi connectivity index (χ2n) is 7.19. The minimum Gasteiger partial charge on any atom is -0.479 e. The van der Waals surface area contributed by atoms with Crippen LogP contribution in [0.25, 0.3) is 27.5 Å². The number of rotatable bonds is 5. The number of imidazole rings is 1. The van der Waals surface area contributed by atoms with Gasteiger partial charge in [-0.25, -0.2) is 4.79 Å². The molecular weight excluding hydrogens is 354 g/mol. The van der Waals surface area contributed by atoms with Crippen molar-refractivity contribution < 1.29 is 14.6 Å². The van der Waals surface area contributed by atoms with Crippen LogP contribution in [-0.2, 0) is 4.79 Å². The Morgan fingerprint density at radius 1 is 1.18 bits per heavy atom. The molecule has 140 valence electrons. The van der Waals surface area contributed by atoms with Crippen LogP contribution in [0.3, 0.4) is 0 Å². The highest BCUT2D eigenvalue weighted by Gasteiger charge is 2.27. The van der Waals surface area contributed by atoms with E-state index in [1.54, 1.807) is 12.4 Å². The van der Waals surface area contributed by atoms with Crippen molar-refractivity contribution in [3.63, 3.8) is 0 Å². The number of ether oxygens (including phenoxy) is 1. The van der Waals surface area contributed by atoms with Gasteiger partial charge in [-0.15, -0.1) is 0 Å². The number of fused-ring (bicyclic) bond motifs is 2. The van der Waals surface area contributed by atoms with Crippen LogP contribution in [0.15, 0.2) is 54.9 Å². The first-order valence-electron chi connectivity index (χ1n) is 9.37. The molecule has 2 heterocycles. The number of carboxylic acid groups (broad SMARTS) is 1. The molecule has 2 aromatic heterocycles. The number of nitrogens with zero attached hydrogens (tertiary/aromatic N) is 3. The van der Waals surface area contributed by atoms with Gasteiger partial charge in [0, 0.05) is 11.6 Å².